The van der Waals surface area contributed by atoms with Gasteiger partial charge < -0.3 is 19.4 Å². The Hall–Kier alpha value is -2.32. The average molecular weight is 518 g/mol. The second kappa shape index (κ2) is 12.1. The van der Waals surface area contributed by atoms with Crippen molar-refractivity contribution in [2.75, 3.05) is 26.3 Å². The van der Waals surface area contributed by atoms with Crippen LogP contribution in [0, 0.1) is 6.92 Å². The quantitative estimate of drug-likeness (QED) is 0.585. The number of carboxylic acids is 2. The number of aryl methyl sites for hydroxylation is 1. The Morgan fingerprint density at radius 2 is 1.43 bits per heavy atom. The van der Waals surface area contributed by atoms with Crippen LogP contribution >= 0.6 is 0 Å². The van der Waals surface area contributed by atoms with Crippen molar-refractivity contribution in [3.8, 4) is 0 Å². The maximum absolute atomic E-state index is 10.6. The van der Waals surface area contributed by atoms with Gasteiger partial charge in [0, 0.05) is 44.4 Å². The lowest BCUT2D eigenvalue weighted by atomic mass is 10.0. The largest absolute Gasteiger partial charge is 0.490 e. The molecule has 0 amide bonds. The molecule has 4 heterocycles. The SMILES string of the molecule is Cc1ccc(CN2CC[C@@H]3[C@@H]2CCN3C2CCOCC2)o1.O=C(O)C(F)(F)F.O=C(O)C(F)(F)F. The lowest BCUT2D eigenvalue weighted by Gasteiger charge is -2.35. The normalized spacial score (nSPS) is 23.6. The Morgan fingerprint density at radius 1 is 0.914 bits per heavy atom. The van der Waals surface area contributed by atoms with Crippen LogP contribution in [0.2, 0.25) is 0 Å². The third-order valence-corrected chi connectivity index (χ3v) is 6.03. The number of carboxylic acid groups (broad SMARTS) is 2. The maximum atomic E-state index is 10.6. The van der Waals surface area contributed by atoms with Crippen LogP contribution in [0.5, 0.6) is 0 Å². The molecule has 1 aromatic heterocycles. The molecule has 0 aromatic carbocycles. The summed E-state index contributed by atoms with van der Waals surface area (Å²) in [6, 6.07) is 6.47. The summed E-state index contributed by atoms with van der Waals surface area (Å²) >= 11 is 0. The number of rotatable bonds is 3. The molecule has 0 radical (unpaired) electrons. The smallest absolute Gasteiger partial charge is 0.475 e. The molecule has 0 bridgehead atoms. The minimum absolute atomic E-state index is 0.734. The number of ether oxygens (including phenoxy) is 1. The molecule has 0 unspecified atom stereocenters. The molecule has 0 saturated carbocycles. The summed E-state index contributed by atoms with van der Waals surface area (Å²) in [5.41, 5.74) is 0. The van der Waals surface area contributed by atoms with Crippen molar-refractivity contribution < 1.29 is 55.3 Å². The van der Waals surface area contributed by atoms with Crippen LogP contribution in [-0.2, 0) is 20.9 Å². The van der Waals surface area contributed by atoms with Gasteiger partial charge in [0.2, 0.25) is 0 Å². The molecule has 3 saturated heterocycles. The minimum atomic E-state index is -5.08. The highest BCUT2D eigenvalue weighted by Gasteiger charge is 2.45. The minimum Gasteiger partial charge on any atom is -0.475 e. The molecule has 2 N–H and O–H groups in total. The van der Waals surface area contributed by atoms with E-state index in [0.717, 1.165) is 49.4 Å². The molecule has 2 atom stereocenters. The molecule has 0 aliphatic carbocycles. The van der Waals surface area contributed by atoms with E-state index in [1.807, 2.05) is 6.92 Å². The van der Waals surface area contributed by atoms with Crippen LogP contribution in [0.3, 0.4) is 0 Å². The van der Waals surface area contributed by atoms with E-state index in [4.69, 9.17) is 29.0 Å². The third kappa shape index (κ3) is 8.69. The van der Waals surface area contributed by atoms with Gasteiger partial charge in [-0.1, -0.05) is 0 Å². The van der Waals surface area contributed by atoms with Crippen molar-refractivity contribution in [2.24, 2.45) is 0 Å². The van der Waals surface area contributed by atoms with Crippen molar-refractivity contribution in [1.82, 2.24) is 9.80 Å². The van der Waals surface area contributed by atoms with Gasteiger partial charge in [-0.3, -0.25) is 9.80 Å². The first-order chi connectivity index (χ1) is 16.2. The predicted octanol–water partition coefficient (Wildman–Crippen LogP) is 3.68. The zero-order valence-corrected chi connectivity index (χ0v) is 18.9. The third-order valence-electron chi connectivity index (χ3n) is 6.03. The van der Waals surface area contributed by atoms with E-state index in [0.29, 0.717) is 0 Å². The summed E-state index contributed by atoms with van der Waals surface area (Å²) in [4.78, 5) is 23.2. The van der Waals surface area contributed by atoms with Gasteiger partial charge in [-0.05, 0) is 44.7 Å². The summed E-state index contributed by atoms with van der Waals surface area (Å²) < 4.78 is 74.8. The number of fused-ring (bicyclic) bond motifs is 1. The predicted molar refractivity (Wildman–Crippen MR) is 109 cm³/mol. The van der Waals surface area contributed by atoms with Crippen LogP contribution in [-0.4, -0.2) is 88.7 Å². The van der Waals surface area contributed by atoms with Crippen LogP contribution in [0.15, 0.2) is 16.5 Å². The van der Waals surface area contributed by atoms with E-state index in [9.17, 15) is 26.3 Å². The molecular formula is C21H28F6N2O6. The molecule has 3 aliphatic rings. The monoisotopic (exact) mass is 518 g/mol. The number of likely N-dealkylation sites (tertiary alicyclic amines) is 2. The fourth-order valence-electron chi connectivity index (χ4n) is 4.55. The van der Waals surface area contributed by atoms with Gasteiger partial charge in [0.15, 0.2) is 0 Å². The zero-order chi connectivity index (χ0) is 26.4. The molecule has 0 spiro atoms. The molecule has 3 fully saturated rings. The molecule has 14 heteroatoms. The average Bonchev–Trinajstić information content (AvgIpc) is 3.46. The van der Waals surface area contributed by atoms with Gasteiger partial charge in [-0.15, -0.1) is 0 Å². The number of aliphatic carboxylic acids is 2. The van der Waals surface area contributed by atoms with Crippen LogP contribution in [0.1, 0.15) is 37.2 Å². The van der Waals surface area contributed by atoms with Crippen molar-refractivity contribution in [1.29, 1.82) is 0 Å². The van der Waals surface area contributed by atoms with Crippen LogP contribution in [0.25, 0.3) is 0 Å². The summed E-state index contributed by atoms with van der Waals surface area (Å²) in [6.45, 7) is 7.40. The lowest BCUT2D eigenvalue weighted by molar-refractivity contribution is -0.193. The summed E-state index contributed by atoms with van der Waals surface area (Å²) in [5, 5.41) is 14.2. The van der Waals surface area contributed by atoms with Gasteiger partial charge in [0.05, 0.1) is 6.54 Å². The number of hydrogen-bond donors (Lipinski definition) is 2. The molecule has 35 heavy (non-hydrogen) atoms. The van der Waals surface area contributed by atoms with E-state index in [1.54, 1.807) is 0 Å². The van der Waals surface area contributed by atoms with Crippen LogP contribution < -0.4 is 0 Å². The Kier molecular flexibility index (Phi) is 9.98. The fraction of sp³-hybridized carbons (Fsp3) is 0.714. The second-order valence-electron chi connectivity index (χ2n) is 8.38. The number of alkyl halides is 6. The molecule has 4 rings (SSSR count). The van der Waals surface area contributed by atoms with E-state index in [2.05, 4.69) is 21.9 Å². The van der Waals surface area contributed by atoms with Gasteiger partial charge in [0.1, 0.15) is 11.5 Å². The van der Waals surface area contributed by atoms with Crippen molar-refractivity contribution in [2.45, 2.75) is 69.6 Å². The van der Waals surface area contributed by atoms with E-state index >= 15 is 0 Å². The summed E-state index contributed by atoms with van der Waals surface area (Å²) in [6.07, 6.45) is -5.08. The Labute approximate surface area is 197 Å². The molecule has 8 nitrogen and oxygen atoms in total. The topological polar surface area (TPSA) is 103 Å². The number of halogens is 6. The zero-order valence-electron chi connectivity index (χ0n) is 18.9. The Bertz CT molecular complexity index is 813. The van der Waals surface area contributed by atoms with Crippen molar-refractivity contribution in [3.63, 3.8) is 0 Å². The van der Waals surface area contributed by atoms with Crippen LogP contribution in [0.4, 0.5) is 26.3 Å². The second-order valence-corrected chi connectivity index (χ2v) is 8.38. The highest BCUT2D eigenvalue weighted by atomic mass is 19.4. The Morgan fingerprint density at radius 3 is 1.89 bits per heavy atom. The van der Waals surface area contributed by atoms with Crippen molar-refractivity contribution in [3.05, 3.63) is 23.7 Å². The first-order valence-corrected chi connectivity index (χ1v) is 10.9. The standard InChI is InChI=1S/C17H26N2O2.2C2HF3O2/c1-13-2-3-15(21-13)12-18-8-4-17-16(18)5-9-19(17)14-6-10-20-11-7-14;2*3-2(4,5)1(6)7/h2-3,14,16-17H,4-12H2,1H3;2*(H,6,7)/t16-,17+;;/m0../s1. The highest BCUT2D eigenvalue weighted by molar-refractivity contribution is 5.73. The van der Waals surface area contributed by atoms with Gasteiger partial charge in [-0.2, -0.15) is 26.3 Å². The molecule has 1 aromatic rings. The number of carbonyl (C=O) groups is 2. The number of furan rings is 1. The molecular weight excluding hydrogens is 490 g/mol. The fourth-order valence-corrected chi connectivity index (χ4v) is 4.55. The van der Waals surface area contributed by atoms with Gasteiger partial charge in [-0.25, -0.2) is 9.59 Å². The van der Waals surface area contributed by atoms with E-state index in [-0.39, 0.29) is 0 Å². The maximum Gasteiger partial charge on any atom is 0.490 e. The van der Waals surface area contributed by atoms with Gasteiger partial charge in [0.25, 0.3) is 0 Å². The molecule has 200 valence electrons. The summed E-state index contributed by atoms with van der Waals surface area (Å²) in [5.74, 6) is -3.37. The first-order valence-electron chi connectivity index (χ1n) is 10.9. The summed E-state index contributed by atoms with van der Waals surface area (Å²) in [7, 11) is 0. The highest BCUT2D eigenvalue weighted by Crippen LogP contribution is 2.35. The number of hydrogen-bond acceptors (Lipinski definition) is 6. The Balaban J connectivity index is 0.000000257. The lowest BCUT2D eigenvalue weighted by Crippen LogP contribution is -2.44. The first kappa shape index (κ1) is 28.9. The van der Waals surface area contributed by atoms with E-state index in [1.165, 1.54) is 38.8 Å². The van der Waals surface area contributed by atoms with E-state index < -0.39 is 24.3 Å². The number of nitrogens with zero attached hydrogens (tertiary/aromatic N) is 2. The van der Waals surface area contributed by atoms with Gasteiger partial charge >= 0.3 is 24.3 Å². The van der Waals surface area contributed by atoms with Crippen molar-refractivity contribution >= 4 is 11.9 Å². The molecule has 3 aliphatic heterocycles.